The third-order valence-corrected chi connectivity index (χ3v) is 8.15. The maximum absolute atomic E-state index is 14.5. The van der Waals surface area contributed by atoms with Gasteiger partial charge >= 0.3 is 0 Å². The van der Waals surface area contributed by atoms with Crippen LogP contribution in [-0.4, -0.2) is 36.8 Å². The Morgan fingerprint density at radius 2 is 1.94 bits per heavy atom. The smallest absolute Gasteiger partial charge is 0.290 e. The molecule has 4 rings (SSSR count). The van der Waals surface area contributed by atoms with Gasteiger partial charge in [-0.25, -0.2) is 12.8 Å². The van der Waals surface area contributed by atoms with E-state index < -0.39 is 27.6 Å². The average Bonchev–Trinajstić information content (AvgIpc) is 3.21. The molecule has 0 radical (unpaired) electrons. The summed E-state index contributed by atoms with van der Waals surface area (Å²) in [7, 11) is -3.27. The molecule has 5 nitrogen and oxygen atoms in total. The fraction of sp³-hybridized carbons (Fsp3) is 0.348. The number of halogens is 2. The third kappa shape index (κ3) is 4.08. The van der Waals surface area contributed by atoms with Crippen molar-refractivity contribution in [3.63, 3.8) is 0 Å². The van der Waals surface area contributed by atoms with Crippen molar-refractivity contribution in [2.45, 2.75) is 39.8 Å². The molecule has 2 aromatic carbocycles. The SMILES string of the molecule is Cc1cc2oc(C(=O)N(Cc3c(F)cccc3Cl)C3CCS(=O)(=O)C3)c(C)c2cc1C. The number of hydrogen-bond acceptors (Lipinski definition) is 4. The van der Waals surface area contributed by atoms with E-state index in [-0.39, 0.29) is 40.8 Å². The molecule has 0 N–H and O–H groups in total. The molecule has 1 fully saturated rings. The number of fused-ring (bicyclic) bond motifs is 1. The summed E-state index contributed by atoms with van der Waals surface area (Å²) in [6.45, 7) is 5.61. The van der Waals surface area contributed by atoms with E-state index in [4.69, 9.17) is 16.0 Å². The molecule has 0 aliphatic carbocycles. The highest BCUT2D eigenvalue weighted by atomic mass is 35.5. The molecule has 1 aliphatic rings. The molecule has 1 atom stereocenters. The van der Waals surface area contributed by atoms with Gasteiger partial charge in [-0.15, -0.1) is 0 Å². The van der Waals surface area contributed by atoms with Crippen molar-refractivity contribution in [1.82, 2.24) is 4.90 Å². The summed E-state index contributed by atoms with van der Waals surface area (Å²) in [4.78, 5) is 15.0. The van der Waals surface area contributed by atoms with Crippen LogP contribution in [0.2, 0.25) is 5.02 Å². The van der Waals surface area contributed by atoms with Crippen LogP contribution in [-0.2, 0) is 16.4 Å². The van der Waals surface area contributed by atoms with Gasteiger partial charge in [-0.05, 0) is 62.6 Å². The summed E-state index contributed by atoms with van der Waals surface area (Å²) >= 11 is 6.20. The van der Waals surface area contributed by atoms with Gasteiger partial charge in [-0.2, -0.15) is 0 Å². The van der Waals surface area contributed by atoms with E-state index in [0.29, 0.717) is 11.1 Å². The number of rotatable bonds is 4. The van der Waals surface area contributed by atoms with Gasteiger partial charge in [0.1, 0.15) is 11.4 Å². The van der Waals surface area contributed by atoms with Crippen molar-refractivity contribution in [2.75, 3.05) is 11.5 Å². The second-order valence-electron chi connectivity index (χ2n) is 8.18. The summed E-state index contributed by atoms with van der Waals surface area (Å²) in [6.07, 6.45) is 0.289. The Morgan fingerprint density at radius 3 is 2.58 bits per heavy atom. The van der Waals surface area contributed by atoms with Gasteiger partial charge < -0.3 is 9.32 Å². The van der Waals surface area contributed by atoms with Crippen molar-refractivity contribution in [3.8, 4) is 0 Å². The molecule has 1 aromatic heterocycles. The molecule has 1 amide bonds. The minimum atomic E-state index is -3.27. The Hall–Kier alpha value is -2.38. The van der Waals surface area contributed by atoms with Gasteiger partial charge in [-0.3, -0.25) is 4.79 Å². The molecule has 1 unspecified atom stereocenters. The lowest BCUT2D eigenvalue weighted by atomic mass is 10.0. The van der Waals surface area contributed by atoms with Crippen molar-refractivity contribution in [1.29, 1.82) is 0 Å². The van der Waals surface area contributed by atoms with Crippen LogP contribution in [0.25, 0.3) is 11.0 Å². The number of aryl methyl sites for hydroxylation is 3. The third-order valence-electron chi connectivity index (χ3n) is 6.05. The topological polar surface area (TPSA) is 67.6 Å². The monoisotopic (exact) mass is 463 g/mol. The van der Waals surface area contributed by atoms with Crippen LogP contribution in [0, 0.1) is 26.6 Å². The fourth-order valence-electron chi connectivity index (χ4n) is 4.05. The molecule has 0 spiro atoms. The molecule has 8 heteroatoms. The van der Waals surface area contributed by atoms with Gasteiger partial charge in [0.2, 0.25) is 0 Å². The number of nitrogens with zero attached hydrogens (tertiary/aromatic N) is 1. The number of sulfone groups is 1. The highest BCUT2D eigenvalue weighted by Crippen LogP contribution is 2.32. The molecule has 3 aromatic rings. The van der Waals surface area contributed by atoms with Gasteiger partial charge in [0.15, 0.2) is 15.6 Å². The Labute approximate surface area is 185 Å². The van der Waals surface area contributed by atoms with E-state index in [9.17, 15) is 17.6 Å². The summed E-state index contributed by atoms with van der Waals surface area (Å²) in [5.41, 5.74) is 3.53. The standard InChI is InChI=1S/C23H23ClFNO4S/c1-13-9-17-15(3)22(30-21(17)10-14(13)2)23(27)26(16-7-8-31(28,29)12-16)11-18-19(24)5-4-6-20(18)25/h4-6,9-10,16H,7-8,11-12H2,1-3H3. The Kier molecular flexibility index (Phi) is 5.60. The Balaban J connectivity index is 1.79. The number of carbonyl (C=O) groups excluding carboxylic acids is 1. The molecular weight excluding hydrogens is 441 g/mol. The molecule has 0 saturated carbocycles. The minimum absolute atomic E-state index is 0.00997. The second-order valence-corrected chi connectivity index (χ2v) is 10.8. The highest BCUT2D eigenvalue weighted by Gasteiger charge is 2.37. The van der Waals surface area contributed by atoms with E-state index in [1.54, 1.807) is 13.0 Å². The van der Waals surface area contributed by atoms with Crippen LogP contribution in [0.3, 0.4) is 0 Å². The number of carbonyl (C=O) groups is 1. The van der Waals surface area contributed by atoms with Crippen LogP contribution >= 0.6 is 11.6 Å². The second kappa shape index (κ2) is 7.95. The predicted octanol–water partition coefficient (Wildman–Crippen LogP) is 4.98. The van der Waals surface area contributed by atoms with E-state index in [2.05, 4.69) is 0 Å². The zero-order valence-electron chi connectivity index (χ0n) is 17.5. The van der Waals surface area contributed by atoms with Crippen LogP contribution in [0.1, 0.15) is 39.2 Å². The average molecular weight is 464 g/mol. The number of amides is 1. The van der Waals surface area contributed by atoms with Crippen LogP contribution < -0.4 is 0 Å². The molecule has 31 heavy (non-hydrogen) atoms. The maximum Gasteiger partial charge on any atom is 0.290 e. The maximum atomic E-state index is 14.5. The van der Waals surface area contributed by atoms with Crippen molar-refractivity contribution in [3.05, 3.63) is 69.2 Å². The largest absolute Gasteiger partial charge is 0.451 e. The van der Waals surface area contributed by atoms with Gasteiger partial charge in [0.05, 0.1) is 18.1 Å². The molecule has 1 aliphatic heterocycles. The van der Waals surface area contributed by atoms with Crippen LogP contribution in [0.4, 0.5) is 4.39 Å². The van der Waals surface area contributed by atoms with Crippen molar-refractivity contribution < 1.29 is 22.0 Å². The lowest BCUT2D eigenvalue weighted by Gasteiger charge is -2.28. The number of furan rings is 1. The van der Waals surface area contributed by atoms with Crippen LogP contribution in [0.5, 0.6) is 0 Å². The predicted molar refractivity (Wildman–Crippen MR) is 119 cm³/mol. The van der Waals surface area contributed by atoms with E-state index in [1.165, 1.54) is 17.0 Å². The summed E-state index contributed by atoms with van der Waals surface area (Å²) in [5.74, 6) is -1.05. The van der Waals surface area contributed by atoms with Gasteiger partial charge in [0, 0.05) is 27.6 Å². The molecule has 1 saturated heterocycles. The first-order valence-corrected chi connectivity index (χ1v) is 12.2. The summed E-state index contributed by atoms with van der Waals surface area (Å²) in [6, 6.07) is 7.58. The van der Waals surface area contributed by atoms with E-state index >= 15 is 0 Å². The first-order valence-electron chi connectivity index (χ1n) is 10.0. The Morgan fingerprint density at radius 1 is 1.23 bits per heavy atom. The zero-order chi connectivity index (χ0) is 22.5. The highest BCUT2D eigenvalue weighted by molar-refractivity contribution is 7.91. The number of hydrogen-bond donors (Lipinski definition) is 0. The quantitative estimate of drug-likeness (QED) is 0.547. The van der Waals surface area contributed by atoms with E-state index in [1.807, 2.05) is 26.0 Å². The molecule has 0 bridgehead atoms. The van der Waals surface area contributed by atoms with Crippen molar-refractivity contribution >= 4 is 38.3 Å². The fourth-order valence-corrected chi connectivity index (χ4v) is 6.01. The lowest BCUT2D eigenvalue weighted by Crippen LogP contribution is -2.41. The van der Waals surface area contributed by atoms with E-state index in [0.717, 1.165) is 16.5 Å². The van der Waals surface area contributed by atoms with Gasteiger partial charge in [0.25, 0.3) is 5.91 Å². The lowest BCUT2D eigenvalue weighted by molar-refractivity contribution is 0.0647. The van der Waals surface area contributed by atoms with Crippen molar-refractivity contribution in [2.24, 2.45) is 0 Å². The summed E-state index contributed by atoms with van der Waals surface area (Å²) < 4.78 is 44.6. The molecule has 164 valence electrons. The molecule has 2 heterocycles. The first kappa shape index (κ1) is 21.8. The van der Waals surface area contributed by atoms with Crippen LogP contribution in [0.15, 0.2) is 34.7 Å². The minimum Gasteiger partial charge on any atom is -0.451 e. The normalized spacial score (nSPS) is 17.9. The molecular formula is C23H23ClFNO4S. The zero-order valence-corrected chi connectivity index (χ0v) is 19.1. The van der Waals surface area contributed by atoms with Gasteiger partial charge in [-0.1, -0.05) is 17.7 Å². The number of benzene rings is 2. The Bertz CT molecular complexity index is 1280. The first-order chi connectivity index (χ1) is 14.6. The summed E-state index contributed by atoms with van der Waals surface area (Å²) in [5, 5.41) is 1.01.